The number of nitrogens with one attached hydrogen (secondary N) is 1. The standard InChI is InChI=1S/C25H29N3O/c1-18-9-6-7-13-21(18)22(15-25(29)27-16-20-11-4-3-5-12-20)23-17-26-24-14-8-10-19(2)28(23)24/h3-7,9,11-13,17,19,22H,8,10,14-16H2,1-2H3,(H,27,29)/t19-,22-/m0/s1. The summed E-state index contributed by atoms with van der Waals surface area (Å²) in [5, 5.41) is 3.10. The zero-order valence-electron chi connectivity index (χ0n) is 17.3. The first-order valence-corrected chi connectivity index (χ1v) is 10.6. The van der Waals surface area contributed by atoms with Gasteiger partial charge in [-0.2, -0.15) is 0 Å². The third kappa shape index (κ3) is 4.26. The maximum atomic E-state index is 12.9. The molecule has 2 heterocycles. The number of aryl methyl sites for hydroxylation is 2. The molecule has 0 radical (unpaired) electrons. The van der Waals surface area contributed by atoms with Crippen LogP contribution in [0.4, 0.5) is 0 Å². The highest BCUT2D eigenvalue weighted by molar-refractivity contribution is 5.77. The molecule has 4 rings (SSSR count). The van der Waals surface area contributed by atoms with Gasteiger partial charge in [-0.3, -0.25) is 4.79 Å². The molecule has 1 amide bonds. The Kier molecular flexibility index (Phi) is 5.79. The summed E-state index contributed by atoms with van der Waals surface area (Å²) in [6.45, 7) is 4.94. The molecule has 0 aliphatic carbocycles. The van der Waals surface area contributed by atoms with Gasteiger partial charge in [0.2, 0.25) is 5.91 Å². The van der Waals surface area contributed by atoms with E-state index in [1.54, 1.807) is 0 Å². The van der Waals surface area contributed by atoms with Gasteiger partial charge in [-0.05, 0) is 43.4 Å². The van der Waals surface area contributed by atoms with Crippen LogP contribution in [0.2, 0.25) is 0 Å². The lowest BCUT2D eigenvalue weighted by Crippen LogP contribution is -2.27. The average Bonchev–Trinajstić information content (AvgIpc) is 3.17. The predicted octanol–water partition coefficient (Wildman–Crippen LogP) is 4.93. The Morgan fingerprint density at radius 3 is 2.72 bits per heavy atom. The molecular formula is C25H29N3O. The molecule has 2 atom stereocenters. The first kappa shape index (κ1) is 19.4. The van der Waals surface area contributed by atoms with E-state index in [4.69, 9.17) is 4.98 Å². The summed E-state index contributed by atoms with van der Waals surface area (Å²) < 4.78 is 2.38. The van der Waals surface area contributed by atoms with E-state index in [1.807, 2.05) is 36.5 Å². The molecule has 0 saturated heterocycles. The van der Waals surface area contributed by atoms with E-state index in [-0.39, 0.29) is 11.8 Å². The van der Waals surface area contributed by atoms with Gasteiger partial charge < -0.3 is 9.88 Å². The van der Waals surface area contributed by atoms with E-state index < -0.39 is 0 Å². The van der Waals surface area contributed by atoms with Crippen LogP contribution in [0.5, 0.6) is 0 Å². The van der Waals surface area contributed by atoms with Gasteiger partial charge in [0, 0.05) is 43.2 Å². The van der Waals surface area contributed by atoms with Crippen LogP contribution in [-0.2, 0) is 17.8 Å². The maximum Gasteiger partial charge on any atom is 0.221 e. The van der Waals surface area contributed by atoms with Crippen LogP contribution < -0.4 is 5.32 Å². The molecule has 150 valence electrons. The Labute approximate surface area is 173 Å². The molecule has 3 aromatic rings. The van der Waals surface area contributed by atoms with E-state index in [1.165, 1.54) is 17.5 Å². The second-order valence-electron chi connectivity index (χ2n) is 8.09. The van der Waals surface area contributed by atoms with Gasteiger partial charge in [0.25, 0.3) is 0 Å². The fraction of sp³-hybridized carbons (Fsp3) is 0.360. The summed E-state index contributed by atoms with van der Waals surface area (Å²) in [5.41, 5.74) is 4.70. The van der Waals surface area contributed by atoms with Crippen molar-refractivity contribution in [2.45, 2.75) is 58.0 Å². The second kappa shape index (κ2) is 8.64. The molecule has 0 saturated carbocycles. The highest BCUT2D eigenvalue weighted by Crippen LogP contribution is 2.35. The maximum absolute atomic E-state index is 12.9. The van der Waals surface area contributed by atoms with Gasteiger partial charge in [-0.15, -0.1) is 0 Å². The molecule has 1 N–H and O–H groups in total. The van der Waals surface area contributed by atoms with Gasteiger partial charge in [0.1, 0.15) is 5.82 Å². The monoisotopic (exact) mass is 387 g/mol. The fourth-order valence-corrected chi connectivity index (χ4v) is 4.46. The number of rotatable bonds is 6. The van der Waals surface area contributed by atoms with Crippen molar-refractivity contribution in [3.8, 4) is 0 Å². The topological polar surface area (TPSA) is 46.9 Å². The first-order chi connectivity index (χ1) is 14.1. The molecule has 1 aromatic heterocycles. The zero-order valence-corrected chi connectivity index (χ0v) is 17.3. The highest BCUT2D eigenvalue weighted by atomic mass is 16.1. The van der Waals surface area contributed by atoms with Crippen molar-refractivity contribution in [2.75, 3.05) is 0 Å². The molecule has 0 unspecified atom stereocenters. The van der Waals surface area contributed by atoms with E-state index in [0.717, 1.165) is 29.9 Å². The number of nitrogens with zero attached hydrogens (tertiary/aromatic N) is 2. The van der Waals surface area contributed by atoms with Crippen LogP contribution in [-0.4, -0.2) is 15.5 Å². The van der Waals surface area contributed by atoms with Crippen molar-refractivity contribution in [3.63, 3.8) is 0 Å². The summed E-state index contributed by atoms with van der Waals surface area (Å²) in [6, 6.07) is 18.9. The predicted molar refractivity (Wildman–Crippen MR) is 116 cm³/mol. The van der Waals surface area contributed by atoms with E-state index in [2.05, 4.69) is 48.0 Å². The number of benzene rings is 2. The lowest BCUT2D eigenvalue weighted by atomic mass is 9.88. The summed E-state index contributed by atoms with van der Waals surface area (Å²) in [4.78, 5) is 17.6. The number of aromatic nitrogens is 2. The van der Waals surface area contributed by atoms with E-state index in [0.29, 0.717) is 19.0 Å². The second-order valence-corrected chi connectivity index (χ2v) is 8.09. The minimum absolute atomic E-state index is 0.00812. The van der Waals surface area contributed by atoms with Crippen molar-refractivity contribution in [1.29, 1.82) is 0 Å². The number of fused-ring (bicyclic) bond motifs is 1. The molecule has 4 heteroatoms. The van der Waals surface area contributed by atoms with Crippen molar-refractivity contribution in [3.05, 3.63) is 89.0 Å². The molecule has 1 aliphatic rings. The molecule has 0 bridgehead atoms. The van der Waals surface area contributed by atoms with Gasteiger partial charge in [0.15, 0.2) is 0 Å². The zero-order chi connectivity index (χ0) is 20.2. The third-order valence-electron chi connectivity index (χ3n) is 6.01. The molecule has 2 aromatic carbocycles. The largest absolute Gasteiger partial charge is 0.352 e. The number of carbonyl (C=O) groups is 1. The Morgan fingerprint density at radius 2 is 1.93 bits per heavy atom. The smallest absolute Gasteiger partial charge is 0.221 e. The molecule has 29 heavy (non-hydrogen) atoms. The molecule has 4 nitrogen and oxygen atoms in total. The number of carbonyl (C=O) groups excluding carboxylic acids is 1. The Balaban J connectivity index is 1.61. The Bertz CT molecular complexity index is 977. The molecule has 0 spiro atoms. The highest BCUT2D eigenvalue weighted by Gasteiger charge is 2.28. The number of hydrogen-bond donors (Lipinski definition) is 1. The van der Waals surface area contributed by atoms with Crippen molar-refractivity contribution < 1.29 is 4.79 Å². The van der Waals surface area contributed by atoms with Crippen LogP contribution in [0, 0.1) is 6.92 Å². The van der Waals surface area contributed by atoms with E-state index >= 15 is 0 Å². The number of imidazole rings is 1. The summed E-state index contributed by atoms with van der Waals surface area (Å²) in [7, 11) is 0. The Hall–Kier alpha value is -2.88. The Morgan fingerprint density at radius 1 is 1.17 bits per heavy atom. The normalized spacial score (nSPS) is 16.8. The average molecular weight is 388 g/mol. The van der Waals surface area contributed by atoms with Crippen LogP contribution in [0.3, 0.4) is 0 Å². The number of hydrogen-bond acceptors (Lipinski definition) is 2. The third-order valence-corrected chi connectivity index (χ3v) is 6.01. The minimum Gasteiger partial charge on any atom is -0.352 e. The van der Waals surface area contributed by atoms with Gasteiger partial charge >= 0.3 is 0 Å². The summed E-state index contributed by atoms with van der Waals surface area (Å²) >= 11 is 0. The van der Waals surface area contributed by atoms with Crippen molar-refractivity contribution in [1.82, 2.24) is 14.9 Å². The van der Waals surface area contributed by atoms with Crippen molar-refractivity contribution >= 4 is 5.91 Å². The van der Waals surface area contributed by atoms with Crippen LogP contribution in [0.25, 0.3) is 0 Å². The van der Waals surface area contributed by atoms with Gasteiger partial charge in [-0.1, -0.05) is 54.6 Å². The number of amides is 1. The lowest BCUT2D eigenvalue weighted by molar-refractivity contribution is -0.121. The fourth-order valence-electron chi connectivity index (χ4n) is 4.46. The van der Waals surface area contributed by atoms with Crippen LogP contribution in [0.1, 0.15) is 66.4 Å². The van der Waals surface area contributed by atoms with Gasteiger partial charge in [0.05, 0.1) is 0 Å². The SMILES string of the molecule is Cc1ccccc1[C@H](CC(=O)NCc1ccccc1)c1cnc2n1[C@@H](C)CCC2. The van der Waals surface area contributed by atoms with Crippen molar-refractivity contribution in [2.24, 2.45) is 0 Å². The van der Waals surface area contributed by atoms with E-state index in [9.17, 15) is 4.79 Å². The quantitative estimate of drug-likeness (QED) is 0.652. The first-order valence-electron chi connectivity index (χ1n) is 10.6. The van der Waals surface area contributed by atoms with Crippen LogP contribution in [0.15, 0.2) is 60.8 Å². The summed E-state index contributed by atoms with van der Waals surface area (Å²) in [5.74, 6) is 1.23. The molecule has 0 fully saturated rings. The minimum atomic E-state index is 0.00812. The van der Waals surface area contributed by atoms with Gasteiger partial charge in [-0.25, -0.2) is 4.98 Å². The van der Waals surface area contributed by atoms with Crippen LogP contribution >= 0.6 is 0 Å². The molecular weight excluding hydrogens is 358 g/mol. The lowest BCUT2D eigenvalue weighted by Gasteiger charge is -2.28. The summed E-state index contributed by atoms with van der Waals surface area (Å²) in [6.07, 6.45) is 5.79. The molecule has 1 aliphatic heterocycles.